The normalized spacial score (nSPS) is 11.7. The molecule has 3 heterocycles. The van der Waals surface area contributed by atoms with Gasteiger partial charge in [0.15, 0.2) is 0 Å². The number of benzene rings is 6. The van der Waals surface area contributed by atoms with Crippen LogP contribution in [0.15, 0.2) is 144 Å². The van der Waals surface area contributed by atoms with Gasteiger partial charge in [0, 0.05) is 31.2 Å². The molecule has 9 aromatic rings. The topological polar surface area (TPSA) is 43.9 Å². The van der Waals surface area contributed by atoms with Crippen LogP contribution in [-0.4, -0.2) is 27.8 Å². The molecular weight excluding hydrogens is 947 g/mol. The van der Waals surface area contributed by atoms with Gasteiger partial charge in [0.1, 0.15) is 5.58 Å². The zero-order valence-electron chi connectivity index (χ0n) is 34.6. The number of aromatic nitrogens is 3. The van der Waals surface area contributed by atoms with Gasteiger partial charge in [0.2, 0.25) is 0 Å². The van der Waals surface area contributed by atoms with Crippen molar-refractivity contribution in [1.29, 1.82) is 0 Å². The van der Waals surface area contributed by atoms with Gasteiger partial charge in [-0.15, -0.1) is 18.2 Å². The van der Waals surface area contributed by atoms with Crippen LogP contribution in [-0.2, 0) is 26.5 Å². The Balaban J connectivity index is 0.000000200. The molecule has 0 unspecified atom stereocenters. The number of hydrogen-bond donors (Lipinski definition) is 0. The number of imidazole rings is 1. The van der Waals surface area contributed by atoms with E-state index in [4.69, 9.17) is 14.4 Å². The summed E-state index contributed by atoms with van der Waals surface area (Å²) in [4.78, 5) is 9.84. The Kier molecular flexibility index (Phi) is 11.8. The second kappa shape index (κ2) is 16.7. The summed E-state index contributed by atoms with van der Waals surface area (Å²) in [5, 5.41) is 2.18. The van der Waals surface area contributed by atoms with Gasteiger partial charge < -0.3 is 8.98 Å². The molecule has 0 aliphatic rings. The van der Waals surface area contributed by atoms with Crippen molar-refractivity contribution in [2.24, 2.45) is 5.41 Å². The van der Waals surface area contributed by atoms with Crippen molar-refractivity contribution in [1.82, 2.24) is 14.5 Å². The molecule has 6 heteroatoms. The molecule has 0 fully saturated rings. The van der Waals surface area contributed by atoms with E-state index in [1.54, 1.807) is 0 Å². The molecule has 0 bridgehead atoms. The third kappa shape index (κ3) is 8.40. The molecule has 0 saturated heterocycles. The first kappa shape index (κ1) is 41.1. The van der Waals surface area contributed by atoms with Gasteiger partial charge in [-0.3, -0.25) is 4.98 Å². The average Bonchev–Trinajstić information content (AvgIpc) is 3.76. The van der Waals surface area contributed by atoms with Crippen LogP contribution in [0.4, 0.5) is 0 Å². The number of para-hydroxylation sites is 3. The minimum atomic E-state index is -1.90. The molecule has 0 amide bonds. The van der Waals surface area contributed by atoms with Crippen molar-refractivity contribution in [2.45, 2.75) is 58.3 Å². The average molecular weight is 997 g/mol. The van der Waals surface area contributed by atoms with E-state index in [-0.39, 0.29) is 20.1 Å². The van der Waals surface area contributed by atoms with Gasteiger partial charge >= 0.3 is 132 Å². The quantitative estimate of drug-likeness (QED) is 0.123. The Bertz CT molecular complexity index is 2840. The standard InChI is InChI=1S/C33H23N2O.C19H26GeN.Ir/c1-21-19-24(23-11-4-3-5-12-23)20-22(2)31(21)35-29-17-8-7-16-28(29)34-33(35)27-15-10-14-26-25-13-6-9-18-30(25)36-32(26)27;1-19(2,3)13-16-12-18(15-10-8-7-9-11-15)21-14-17(16)20(4,5)6;/h3-14,16-20H,1-2H3;7-10,12,14H,13H2,1-6H3;/q2*-1;. The molecule has 4 nitrogen and oxygen atoms in total. The third-order valence-corrected chi connectivity index (χ3v) is 14.8. The molecule has 1 radical (unpaired) electrons. The number of rotatable bonds is 6. The minimum absolute atomic E-state index is 0. The summed E-state index contributed by atoms with van der Waals surface area (Å²) < 4.78 is 10.2. The van der Waals surface area contributed by atoms with E-state index in [9.17, 15) is 0 Å². The first-order valence-corrected chi connectivity index (χ1v) is 27.1. The summed E-state index contributed by atoms with van der Waals surface area (Å²) in [6.45, 7) is 11.3. The monoisotopic (exact) mass is 998 g/mol. The predicted molar refractivity (Wildman–Crippen MR) is 242 cm³/mol. The maximum Gasteiger partial charge on any atom is 0.120 e. The molecule has 58 heavy (non-hydrogen) atoms. The van der Waals surface area contributed by atoms with Crippen LogP contribution in [0.1, 0.15) is 37.5 Å². The molecule has 293 valence electrons. The fourth-order valence-corrected chi connectivity index (χ4v) is 11.3. The SMILES string of the molecule is CC(C)(C)Cc1cc(-c2[c-]cccc2)nc[c]1[Ge]([CH3])([CH3])[CH3].Cc1cc(-c2ccccc2)cc(C)c1-n1c(-c2[c-]ccc3c2oc2ccccc23)nc2ccccc21.[Ir]. The Morgan fingerprint density at radius 3 is 2.10 bits per heavy atom. The zero-order valence-corrected chi connectivity index (χ0v) is 39.1. The molecule has 0 spiro atoms. The van der Waals surface area contributed by atoms with Crippen LogP contribution in [0.25, 0.3) is 72.4 Å². The number of pyridine rings is 1. The van der Waals surface area contributed by atoms with Crippen LogP contribution in [0.2, 0.25) is 17.3 Å². The predicted octanol–water partition coefficient (Wildman–Crippen LogP) is 13.4. The summed E-state index contributed by atoms with van der Waals surface area (Å²) in [6.07, 6.45) is 3.24. The molecular formula is C52H49GeIrN3O-2. The summed E-state index contributed by atoms with van der Waals surface area (Å²) >= 11 is -1.90. The Morgan fingerprint density at radius 1 is 0.707 bits per heavy atom. The summed E-state index contributed by atoms with van der Waals surface area (Å²) in [7, 11) is 0. The van der Waals surface area contributed by atoms with E-state index in [0.29, 0.717) is 5.41 Å². The summed E-state index contributed by atoms with van der Waals surface area (Å²) in [5.74, 6) is 8.16. The van der Waals surface area contributed by atoms with Crippen LogP contribution < -0.4 is 4.40 Å². The smallest absolute Gasteiger partial charge is 0.120 e. The van der Waals surface area contributed by atoms with Crippen molar-refractivity contribution in [3.8, 4) is 39.5 Å². The molecule has 6 aromatic carbocycles. The molecule has 0 saturated carbocycles. The fourth-order valence-electron chi connectivity index (χ4n) is 7.97. The summed E-state index contributed by atoms with van der Waals surface area (Å²) in [5.41, 5.74) is 14.4. The van der Waals surface area contributed by atoms with Crippen LogP contribution in [0, 0.1) is 31.4 Å². The van der Waals surface area contributed by atoms with Gasteiger partial charge in [-0.05, 0) is 66.4 Å². The van der Waals surface area contributed by atoms with E-state index in [1.807, 2.05) is 48.5 Å². The second-order valence-electron chi connectivity index (χ2n) is 17.3. The van der Waals surface area contributed by atoms with Gasteiger partial charge in [0.25, 0.3) is 0 Å². The molecule has 0 atom stereocenters. The van der Waals surface area contributed by atoms with Crippen molar-refractivity contribution in [2.75, 3.05) is 0 Å². The number of nitrogens with zero attached hydrogens (tertiary/aromatic N) is 3. The van der Waals surface area contributed by atoms with Crippen molar-refractivity contribution in [3.05, 3.63) is 168 Å². The van der Waals surface area contributed by atoms with Gasteiger partial charge in [-0.25, -0.2) is 0 Å². The molecule has 0 aliphatic heterocycles. The minimum Gasteiger partial charge on any atom is -0.501 e. The van der Waals surface area contributed by atoms with Crippen molar-refractivity contribution in [3.63, 3.8) is 0 Å². The number of fused-ring (bicyclic) bond motifs is 4. The maximum atomic E-state index is 6.38. The van der Waals surface area contributed by atoms with E-state index < -0.39 is 13.3 Å². The van der Waals surface area contributed by atoms with Crippen LogP contribution >= 0.6 is 0 Å². The Hall–Kier alpha value is -5.07. The second-order valence-corrected chi connectivity index (χ2v) is 27.8. The molecule has 3 aromatic heterocycles. The first-order chi connectivity index (χ1) is 27.4. The van der Waals surface area contributed by atoms with Gasteiger partial charge in [-0.2, -0.15) is 0 Å². The van der Waals surface area contributed by atoms with Gasteiger partial charge in [-0.1, -0.05) is 71.6 Å². The van der Waals surface area contributed by atoms with Crippen molar-refractivity contribution >= 4 is 50.6 Å². The molecule has 9 rings (SSSR count). The maximum absolute atomic E-state index is 6.38. The number of aryl methyl sites for hydroxylation is 2. The van der Waals surface area contributed by atoms with Crippen molar-refractivity contribution < 1.29 is 24.5 Å². The summed E-state index contributed by atoms with van der Waals surface area (Å²) in [6, 6.07) is 52.7. The van der Waals surface area contributed by atoms with Crippen LogP contribution in [0.3, 0.4) is 0 Å². The molecule has 0 N–H and O–H groups in total. The van der Waals surface area contributed by atoms with Gasteiger partial charge in [0.05, 0.1) is 22.4 Å². The Morgan fingerprint density at radius 2 is 1.40 bits per heavy atom. The third-order valence-electron chi connectivity index (χ3n) is 10.4. The van der Waals surface area contributed by atoms with E-state index in [2.05, 4.69) is 160 Å². The van der Waals surface area contributed by atoms with E-state index >= 15 is 0 Å². The molecule has 0 aliphatic carbocycles. The van der Waals surface area contributed by atoms with Crippen LogP contribution in [0.5, 0.6) is 0 Å². The first-order valence-electron chi connectivity index (χ1n) is 19.8. The Labute approximate surface area is 359 Å². The van der Waals surface area contributed by atoms with E-state index in [0.717, 1.165) is 67.7 Å². The fraction of sp³-hybridized carbons (Fsp3) is 0.192. The zero-order chi connectivity index (χ0) is 39.9. The number of furan rings is 1. The number of hydrogen-bond acceptors (Lipinski definition) is 3. The van der Waals surface area contributed by atoms with E-state index in [1.165, 1.54) is 32.2 Å². The largest absolute Gasteiger partial charge is 0.501 e.